The van der Waals surface area contributed by atoms with Crippen LogP contribution in [0.1, 0.15) is 25.7 Å². The molecule has 0 unspecified atom stereocenters. The van der Waals surface area contributed by atoms with E-state index in [4.69, 9.17) is 4.74 Å². The van der Waals surface area contributed by atoms with Crippen LogP contribution in [0.15, 0.2) is 0 Å². The lowest BCUT2D eigenvalue weighted by Gasteiger charge is -2.12. The lowest BCUT2D eigenvalue weighted by molar-refractivity contribution is -0.151. The Bertz CT molecular complexity index is 369. The second-order valence-electron chi connectivity index (χ2n) is 3.56. The fourth-order valence-corrected chi connectivity index (χ4v) is 1.80. The third-order valence-corrected chi connectivity index (χ3v) is 3.21. The normalized spacial score (nSPS) is 18.3. The van der Waals surface area contributed by atoms with Crippen LogP contribution in [-0.4, -0.2) is 32.6 Å². The van der Waals surface area contributed by atoms with E-state index < -0.39 is 28.2 Å². The van der Waals surface area contributed by atoms with Gasteiger partial charge in [-0.25, -0.2) is 4.79 Å². The van der Waals surface area contributed by atoms with E-state index in [2.05, 4.69) is 4.18 Å². The monoisotopic (exact) mass is 276 g/mol. The van der Waals surface area contributed by atoms with Gasteiger partial charge in [-0.15, -0.1) is 0 Å². The summed E-state index contributed by atoms with van der Waals surface area (Å²) in [6.07, 6.45) is 2.68. The molecule has 0 N–H and O–H groups in total. The number of esters is 1. The Hall–Kier alpha value is -0.830. The molecule has 1 fully saturated rings. The Morgan fingerprint density at radius 2 is 1.76 bits per heavy atom. The standard InChI is InChI=1S/C8H11F3O5S/c9-8(10,11)17(13,14)15-5-7(12)16-6-3-1-2-4-6/h6H,1-5H2. The zero-order valence-corrected chi connectivity index (χ0v) is 9.51. The molecule has 5 nitrogen and oxygen atoms in total. The fraction of sp³-hybridized carbons (Fsp3) is 0.875. The zero-order chi connectivity index (χ0) is 13.1. The molecule has 0 saturated heterocycles. The summed E-state index contributed by atoms with van der Waals surface area (Å²) in [5.41, 5.74) is -5.53. The Kier molecular flexibility index (Phi) is 4.36. The van der Waals surface area contributed by atoms with Crippen LogP contribution in [0.25, 0.3) is 0 Å². The van der Waals surface area contributed by atoms with Crippen LogP contribution < -0.4 is 0 Å². The summed E-state index contributed by atoms with van der Waals surface area (Å²) >= 11 is 0. The molecule has 0 spiro atoms. The van der Waals surface area contributed by atoms with E-state index in [9.17, 15) is 26.4 Å². The Morgan fingerprint density at radius 1 is 1.24 bits per heavy atom. The first kappa shape index (κ1) is 14.2. The number of rotatable bonds is 4. The van der Waals surface area contributed by atoms with Crippen LogP contribution in [0, 0.1) is 0 Å². The van der Waals surface area contributed by atoms with E-state index in [-0.39, 0.29) is 6.10 Å². The summed E-state index contributed by atoms with van der Waals surface area (Å²) in [5.74, 6) is -1.11. The van der Waals surface area contributed by atoms with Crippen LogP contribution in [-0.2, 0) is 23.8 Å². The zero-order valence-electron chi connectivity index (χ0n) is 8.70. The summed E-state index contributed by atoms with van der Waals surface area (Å²) in [7, 11) is -5.73. The second-order valence-corrected chi connectivity index (χ2v) is 5.17. The van der Waals surface area contributed by atoms with Gasteiger partial charge in [0.05, 0.1) is 0 Å². The van der Waals surface area contributed by atoms with Crippen molar-refractivity contribution in [2.75, 3.05) is 6.61 Å². The van der Waals surface area contributed by atoms with Gasteiger partial charge in [-0.05, 0) is 25.7 Å². The SMILES string of the molecule is O=C(COS(=O)(=O)C(F)(F)F)OC1CCCC1. The first-order valence-corrected chi connectivity index (χ1v) is 6.28. The number of ether oxygens (including phenoxy) is 1. The molecule has 9 heteroatoms. The third-order valence-electron chi connectivity index (χ3n) is 2.22. The molecule has 1 aliphatic rings. The molecular weight excluding hydrogens is 265 g/mol. The van der Waals surface area contributed by atoms with Gasteiger partial charge >= 0.3 is 21.6 Å². The summed E-state index contributed by atoms with van der Waals surface area (Å²) < 4.78 is 64.6. The van der Waals surface area contributed by atoms with Crippen molar-refractivity contribution in [2.45, 2.75) is 37.3 Å². The van der Waals surface area contributed by atoms with E-state index in [1.165, 1.54) is 0 Å². The highest BCUT2D eigenvalue weighted by molar-refractivity contribution is 7.87. The van der Waals surface area contributed by atoms with Crippen molar-refractivity contribution in [1.82, 2.24) is 0 Å². The smallest absolute Gasteiger partial charge is 0.461 e. The molecule has 0 aliphatic heterocycles. The van der Waals surface area contributed by atoms with Crippen molar-refractivity contribution < 1.29 is 35.3 Å². The summed E-state index contributed by atoms with van der Waals surface area (Å²) in [6.45, 7) is -1.25. The van der Waals surface area contributed by atoms with Gasteiger partial charge in [0.1, 0.15) is 6.10 Å². The van der Waals surface area contributed by atoms with Crippen LogP contribution in [0.3, 0.4) is 0 Å². The van der Waals surface area contributed by atoms with Gasteiger partial charge < -0.3 is 4.74 Å². The molecule has 17 heavy (non-hydrogen) atoms. The molecular formula is C8H11F3O5S. The molecule has 0 atom stereocenters. The highest BCUT2D eigenvalue weighted by atomic mass is 32.2. The van der Waals surface area contributed by atoms with Crippen LogP contribution in [0.4, 0.5) is 13.2 Å². The molecule has 1 aliphatic carbocycles. The maximum Gasteiger partial charge on any atom is 0.523 e. The van der Waals surface area contributed by atoms with Gasteiger partial charge in [-0.2, -0.15) is 21.6 Å². The van der Waals surface area contributed by atoms with Crippen molar-refractivity contribution in [1.29, 1.82) is 0 Å². The van der Waals surface area contributed by atoms with Gasteiger partial charge in [-0.1, -0.05) is 0 Å². The first-order valence-electron chi connectivity index (χ1n) is 4.87. The largest absolute Gasteiger partial charge is 0.523 e. The minimum atomic E-state index is -5.73. The highest BCUT2D eigenvalue weighted by Crippen LogP contribution is 2.25. The molecule has 0 aromatic heterocycles. The second kappa shape index (κ2) is 5.21. The number of carbonyl (C=O) groups is 1. The Morgan fingerprint density at radius 3 is 2.24 bits per heavy atom. The number of alkyl halides is 3. The molecule has 0 heterocycles. The number of halogens is 3. The number of hydrogen-bond donors (Lipinski definition) is 0. The average molecular weight is 276 g/mol. The van der Waals surface area contributed by atoms with E-state index in [1.54, 1.807) is 0 Å². The predicted octanol–water partition coefficient (Wildman–Crippen LogP) is 1.34. The lowest BCUT2D eigenvalue weighted by atomic mass is 10.3. The molecule has 100 valence electrons. The van der Waals surface area contributed by atoms with Crippen LogP contribution >= 0.6 is 0 Å². The van der Waals surface area contributed by atoms with Crippen molar-refractivity contribution >= 4 is 16.1 Å². The van der Waals surface area contributed by atoms with Gasteiger partial charge in [0.25, 0.3) is 0 Å². The highest BCUT2D eigenvalue weighted by Gasteiger charge is 2.47. The van der Waals surface area contributed by atoms with E-state index >= 15 is 0 Å². The predicted molar refractivity (Wildman–Crippen MR) is 49.3 cm³/mol. The number of carbonyl (C=O) groups excluding carboxylic acids is 1. The quantitative estimate of drug-likeness (QED) is 0.440. The molecule has 0 aromatic rings. The van der Waals surface area contributed by atoms with Gasteiger partial charge in [0.2, 0.25) is 0 Å². The third kappa shape index (κ3) is 4.15. The minimum Gasteiger partial charge on any atom is -0.461 e. The van der Waals surface area contributed by atoms with Crippen molar-refractivity contribution in [3.8, 4) is 0 Å². The number of hydrogen-bond acceptors (Lipinski definition) is 5. The van der Waals surface area contributed by atoms with Crippen molar-refractivity contribution in [2.24, 2.45) is 0 Å². The Balaban J connectivity index is 2.38. The molecule has 0 aromatic carbocycles. The van der Waals surface area contributed by atoms with Gasteiger partial charge in [-0.3, -0.25) is 4.18 Å². The topological polar surface area (TPSA) is 69.7 Å². The van der Waals surface area contributed by atoms with E-state index in [0.29, 0.717) is 12.8 Å². The molecule has 1 rings (SSSR count). The minimum absolute atomic E-state index is 0.348. The van der Waals surface area contributed by atoms with E-state index in [0.717, 1.165) is 12.8 Å². The van der Waals surface area contributed by atoms with E-state index in [1.807, 2.05) is 0 Å². The van der Waals surface area contributed by atoms with Crippen LogP contribution in [0.2, 0.25) is 0 Å². The molecule has 1 saturated carbocycles. The first-order chi connectivity index (χ1) is 7.72. The summed E-state index contributed by atoms with van der Waals surface area (Å²) in [4.78, 5) is 11.0. The summed E-state index contributed by atoms with van der Waals surface area (Å²) in [5, 5.41) is 0. The maximum absolute atomic E-state index is 11.8. The Labute approximate surface area is 96.0 Å². The van der Waals surface area contributed by atoms with Crippen molar-refractivity contribution in [3.63, 3.8) is 0 Å². The molecule has 0 bridgehead atoms. The molecule has 0 radical (unpaired) electrons. The van der Waals surface area contributed by atoms with Gasteiger partial charge in [0, 0.05) is 0 Å². The maximum atomic E-state index is 11.8. The lowest BCUT2D eigenvalue weighted by Crippen LogP contribution is -2.29. The fourth-order valence-electron chi connectivity index (χ4n) is 1.42. The van der Waals surface area contributed by atoms with Crippen molar-refractivity contribution in [3.05, 3.63) is 0 Å². The molecule has 0 amide bonds. The van der Waals surface area contributed by atoms with Crippen LogP contribution in [0.5, 0.6) is 0 Å². The average Bonchev–Trinajstić information content (AvgIpc) is 2.66. The summed E-state index contributed by atoms with van der Waals surface area (Å²) in [6, 6.07) is 0. The van der Waals surface area contributed by atoms with Gasteiger partial charge in [0.15, 0.2) is 6.61 Å².